The molecule has 2 rings (SSSR count). The number of carbonyl (C=O) groups excluding carboxylic acids is 4. The third kappa shape index (κ3) is 4.59. The molecular formula is C22H34O8. The predicted molar refractivity (Wildman–Crippen MR) is 106 cm³/mol. The number of ether oxygens (including phenoxy) is 4. The first-order valence-electron chi connectivity index (χ1n) is 10.4. The van der Waals surface area contributed by atoms with Gasteiger partial charge < -0.3 is 18.9 Å². The highest BCUT2D eigenvalue weighted by Crippen LogP contribution is 2.34. The van der Waals surface area contributed by atoms with Gasteiger partial charge in [-0.15, -0.1) is 0 Å². The van der Waals surface area contributed by atoms with E-state index in [9.17, 15) is 19.2 Å². The molecule has 2 aliphatic heterocycles. The Bertz CT molecular complexity index is 646. The molecule has 0 aliphatic carbocycles. The lowest BCUT2D eigenvalue weighted by molar-refractivity contribution is -0.168. The van der Waals surface area contributed by atoms with E-state index in [1.54, 1.807) is 55.4 Å². The number of hydrogen-bond donors (Lipinski definition) is 0. The number of hydrogen-bond acceptors (Lipinski definition) is 8. The van der Waals surface area contributed by atoms with Gasteiger partial charge >= 0.3 is 11.9 Å². The van der Waals surface area contributed by atoms with Crippen LogP contribution in [0.25, 0.3) is 0 Å². The first-order valence-corrected chi connectivity index (χ1v) is 10.4. The van der Waals surface area contributed by atoms with E-state index in [0.29, 0.717) is 0 Å². The van der Waals surface area contributed by atoms with Gasteiger partial charge in [0.05, 0.1) is 13.2 Å². The van der Waals surface area contributed by atoms with Crippen molar-refractivity contribution in [3.63, 3.8) is 0 Å². The molecule has 30 heavy (non-hydrogen) atoms. The molecule has 0 aromatic carbocycles. The van der Waals surface area contributed by atoms with Crippen LogP contribution in [0, 0.1) is 22.7 Å². The minimum Gasteiger partial charge on any atom is -0.456 e. The van der Waals surface area contributed by atoms with Crippen LogP contribution in [0.3, 0.4) is 0 Å². The van der Waals surface area contributed by atoms with Gasteiger partial charge in [-0.3, -0.25) is 19.2 Å². The Kier molecular flexibility index (Phi) is 7.13. The summed E-state index contributed by atoms with van der Waals surface area (Å²) in [5.74, 6) is -2.29. The van der Waals surface area contributed by atoms with Crippen LogP contribution in [0.4, 0.5) is 0 Å². The standard InChI is InChI=1S/C22H34O8/c1-11(2)17(23)21(5,6)19(25)29-13-9-27-16-14(10-28-15(13)16)30-20(26)22(7,8)18(24)12(3)4/h11-16H,9-10H2,1-8H3/t13-,14+,15-,16-/m1/s1. The summed E-state index contributed by atoms with van der Waals surface area (Å²) in [6.45, 7) is 13.3. The summed E-state index contributed by atoms with van der Waals surface area (Å²) < 4.78 is 22.5. The Balaban J connectivity index is 2.01. The van der Waals surface area contributed by atoms with Crippen LogP contribution in [0.15, 0.2) is 0 Å². The molecule has 2 heterocycles. The van der Waals surface area contributed by atoms with Gasteiger partial charge in [-0.05, 0) is 27.7 Å². The second-order valence-electron chi connectivity index (χ2n) is 9.77. The van der Waals surface area contributed by atoms with E-state index in [-0.39, 0.29) is 36.6 Å². The Morgan fingerprint density at radius 3 is 1.27 bits per heavy atom. The van der Waals surface area contributed by atoms with Crippen molar-refractivity contribution in [2.24, 2.45) is 22.7 Å². The van der Waals surface area contributed by atoms with Crippen molar-refractivity contribution >= 4 is 23.5 Å². The Labute approximate surface area is 177 Å². The second-order valence-corrected chi connectivity index (χ2v) is 9.77. The molecule has 0 radical (unpaired) electrons. The van der Waals surface area contributed by atoms with E-state index in [4.69, 9.17) is 18.9 Å². The van der Waals surface area contributed by atoms with E-state index in [2.05, 4.69) is 0 Å². The first-order chi connectivity index (χ1) is 13.7. The zero-order chi connectivity index (χ0) is 23.0. The third-order valence-electron chi connectivity index (χ3n) is 5.78. The molecule has 0 aromatic rings. The van der Waals surface area contributed by atoms with Crippen molar-refractivity contribution in [1.82, 2.24) is 0 Å². The summed E-state index contributed by atoms with van der Waals surface area (Å²) >= 11 is 0. The van der Waals surface area contributed by atoms with Crippen LogP contribution >= 0.6 is 0 Å². The lowest BCUT2D eigenvalue weighted by Gasteiger charge is -2.26. The summed E-state index contributed by atoms with van der Waals surface area (Å²) in [6, 6.07) is 0. The number of ketones is 2. The molecule has 0 bridgehead atoms. The molecule has 0 aromatic heterocycles. The highest BCUT2D eigenvalue weighted by Gasteiger charge is 2.53. The first kappa shape index (κ1) is 24.5. The van der Waals surface area contributed by atoms with Gasteiger partial charge in [-0.1, -0.05) is 27.7 Å². The summed E-state index contributed by atoms with van der Waals surface area (Å²) in [5.41, 5.74) is -2.56. The Hall–Kier alpha value is -1.80. The average molecular weight is 427 g/mol. The van der Waals surface area contributed by atoms with Crippen molar-refractivity contribution in [2.45, 2.75) is 79.8 Å². The van der Waals surface area contributed by atoms with Gasteiger partial charge in [0.15, 0.2) is 23.8 Å². The normalized spacial score (nSPS) is 26.6. The largest absolute Gasteiger partial charge is 0.456 e. The Morgan fingerprint density at radius 1 is 0.700 bits per heavy atom. The predicted octanol–water partition coefficient (Wildman–Crippen LogP) is 2.11. The fourth-order valence-corrected chi connectivity index (χ4v) is 3.85. The molecule has 2 saturated heterocycles. The van der Waals surface area contributed by atoms with Gasteiger partial charge in [0.1, 0.15) is 23.0 Å². The fraction of sp³-hybridized carbons (Fsp3) is 0.818. The number of fused-ring (bicyclic) bond motifs is 1. The van der Waals surface area contributed by atoms with E-state index < -0.39 is 47.2 Å². The molecule has 0 spiro atoms. The van der Waals surface area contributed by atoms with Crippen molar-refractivity contribution in [3.8, 4) is 0 Å². The quantitative estimate of drug-likeness (QED) is 0.429. The van der Waals surface area contributed by atoms with Gasteiger partial charge in [-0.25, -0.2) is 0 Å². The van der Waals surface area contributed by atoms with Crippen LogP contribution in [0.1, 0.15) is 55.4 Å². The minimum atomic E-state index is -1.28. The van der Waals surface area contributed by atoms with E-state index in [0.717, 1.165) is 0 Å². The molecule has 0 amide bonds. The van der Waals surface area contributed by atoms with E-state index in [1.807, 2.05) is 0 Å². The van der Waals surface area contributed by atoms with Gasteiger partial charge in [-0.2, -0.15) is 0 Å². The van der Waals surface area contributed by atoms with Crippen LogP contribution in [-0.4, -0.2) is 61.1 Å². The SMILES string of the molecule is CC(C)C(=O)C(C)(C)C(=O)O[C@H]1CO[C@H]2[C@@H]1OC[C@H]2OC(=O)C(C)(C)C(=O)C(C)C. The van der Waals surface area contributed by atoms with Crippen molar-refractivity contribution in [3.05, 3.63) is 0 Å². The highest BCUT2D eigenvalue weighted by molar-refractivity contribution is 6.04. The van der Waals surface area contributed by atoms with E-state index >= 15 is 0 Å². The lowest BCUT2D eigenvalue weighted by Crippen LogP contribution is -2.43. The zero-order valence-corrected chi connectivity index (χ0v) is 19.1. The molecule has 2 aliphatic rings. The minimum absolute atomic E-state index is 0.0788. The summed E-state index contributed by atoms with van der Waals surface area (Å²) in [6.07, 6.45) is -2.59. The molecule has 0 unspecified atom stereocenters. The van der Waals surface area contributed by atoms with Crippen LogP contribution in [-0.2, 0) is 38.1 Å². The lowest BCUT2D eigenvalue weighted by atomic mass is 9.82. The van der Waals surface area contributed by atoms with E-state index in [1.165, 1.54) is 0 Å². The number of rotatable bonds is 8. The van der Waals surface area contributed by atoms with Gasteiger partial charge in [0, 0.05) is 11.8 Å². The summed E-state index contributed by atoms with van der Waals surface area (Å²) in [7, 11) is 0. The molecule has 0 N–H and O–H groups in total. The second kappa shape index (κ2) is 8.75. The van der Waals surface area contributed by atoms with Crippen molar-refractivity contribution in [1.29, 1.82) is 0 Å². The third-order valence-corrected chi connectivity index (χ3v) is 5.78. The van der Waals surface area contributed by atoms with Crippen molar-refractivity contribution < 1.29 is 38.1 Å². The van der Waals surface area contributed by atoms with Crippen molar-refractivity contribution in [2.75, 3.05) is 13.2 Å². The maximum Gasteiger partial charge on any atom is 0.319 e. The van der Waals surface area contributed by atoms with Crippen LogP contribution in [0.5, 0.6) is 0 Å². The molecule has 0 saturated carbocycles. The molecule has 170 valence electrons. The summed E-state index contributed by atoms with van der Waals surface area (Å²) in [4.78, 5) is 49.9. The Morgan fingerprint density at radius 2 is 1.00 bits per heavy atom. The molecule has 8 heteroatoms. The van der Waals surface area contributed by atoms with Crippen LogP contribution in [0.2, 0.25) is 0 Å². The maximum absolute atomic E-state index is 12.6. The molecule has 2 fully saturated rings. The average Bonchev–Trinajstić information content (AvgIpc) is 3.23. The summed E-state index contributed by atoms with van der Waals surface area (Å²) in [5, 5.41) is 0. The smallest absolute Gasteiger partial charge is 0.319 e. The topological polar surface area (TPSA) is 105 Å². The number of carbonyl (C=O) groups is 4. The molecular weight excluding hydrogens is 392 g/mol. The fourth-order valence-electron chi connectivity index (χ4n) is 3.85. The zero-order valence-electron chi connectivity index (χ0n) is 19.1. The van der Waals surface area contributed by atoms with Crippen LogP contribution < -0.4 is 0 Å². The molecule has 8 nitrogen and oxygen atoms in total. The molecule has 4 atom stereocenters. The highest BCUT2D eigenvalue weighted by atomic mass is 16.7. The number of esters is 2. The monoisotopic (exact) mass is 426 g/mol. The maximum atomic E-state index is 12.6. The number of Topliss-reactive ketones (excluding diaryl/α,β-unsaturated/α-hetero) is 2. The van der Waals surface area contributed by atoms with Gasteiger partial charge in [0.25, 0.3) is 0 Å². The van der Waals surface area contributed by atoms with Gasteiger partial charge in [0.2, 0.25) is 0 Å².